The standard InChI is InChI=1S/C22H21FN2O2/c1-15-6-4-5-7-21(15)25-22-9-8-17(14-24-22)20(23)12-16-10-18(26-2)13-19(11-16)27-3/h4-14H,1-3H3,(H,24,25)/b20-12-. The molecule has 3 aromatic rings. The molecule has 0 unspecified atom stereocenters. The monoisotopic (exact) mass is 364 g/mol. The minimum Gasteiger partial charge on any atom is -0.497 e. The molecule has 3 rings (SSSR count). The number of hydrogen-bond acceptors (Lipinski definition) is 4. The van der Waals surface area contributed by atoms with Gasteiger partial charge in [-0.2, -0.15) is 0 Å². The summed E-state index contributed by atoms with van der Waals surface area (Å²) < 4.78 is 25.1. The van der Waals surface area contributed by atoms with E-state index >= 15 is 0 Å². The van der Waals surface area contributed by atoms with E-state index in [1.54, 1.807) is 44.6 Å². The maximum Gasteiger partial charge on any atom is 0.132 e. The van der Waals surface area contributed by atoms with Crippen LogP contribution in [0.5, 0.6) is 11.5 Å². The molecule has 0 aliphatic heterocycles. The highest BCUT2D eigenvalue weighted by molar-refractivity contribution is 5.77. The lowest BCUT2D eigenvalue weighted by molar-refractivity contribution is 0.394. The van der Waals surface area contributed by atoms with Crippen molar-refractivity contribution in [1.29, 1.82) is 0 Å². The summed E-state index contributed by atoms with van der Waals surface area (Å²) in [5, 5.41) is 3.23. The Balaban J connectivity index is 1.80. The second kappa shape index (κ2) is 8.36. The first-order valence-electron chi connectivity index (χ1n) is 8.48. The lowest BCUT2D eigenvalue weighted by atomic mass is 10.1. The summed E-state index contributed by atoms with van der Waals surface area (Å²) in [5.41, 5.74) is 3.12. The Morgan fingerprint density at radius 3 is 2.30 bits per heavy atom. The largest absolute Gasteiger partial charge is 0.497 e. The Hall–Kier alpha value is -3.34. The molecule has 1 N–H and O–H groups in total. The Morgan fingerprint density at radius 1 is 1.00 bits per heavy atom. The van der Waals surface area contributed by atoms with Crippen LogP contribution in [0, 0.1) is 6.92 Å². The van der Waals surface area contributed by atoms with Gasteiger partial charge in [0, 0.05) is 23.5 Å². The molecule has 4 nitrogen and oxygen atoms in total. The summed E-state index contributed by atoms with van der Waals surface area (Å²) in [6.07, 6.45) is 2.93. The Kier molecular flexibility index (Phi) is 5.71. The molecule has 5 heteroatoms. The van der Waals surface area contributed by atoms with Gasteiger partial charge in [0.05, 0.1) is 14.2 Å². The van der Waals surface area contributed by atoms with Gasteiger partial charge >= 0.3 is 0 Å². The maximum absolute atomic E-state index is 14.6. The van der Waals surface area contributed by atoms with Crippen molar-refractivity contribution in [3.63, 3.8) is 0 Å². The predicted octanol–water partition coefficient (Wildman–Crippen LogP) is 5.62. The third kappa shape index (κ3) is 4.64. The molecule has 0 fully saturated rings. The first kappa shape index (κ1) is 18.5. The number of pyridine rings is 1. The Labute approximate surface area is 158 Å². The van der Waals surface area contributed by atoms with Gasteiger partial charge in [-0.05, 0) is 54.5 Å². The van der Waals surface area contributed by atoms with Crippen molar-refractivity contribution in [3.05, 3.63) is 77.5 Å². The molecule has 0 saturated carbocycles. The number of hydrogen-bond donors (Lipinski definition) is 1. The number of methoxy groups -OCH3 is 2. The molecule has 138 valence electrons. The molecule has 0 bridgehead atoms. The number of nitrogens with zero attached hydrogens (tertiary/aromatic N) is 1. The Bertz CT molecular complexity index is 931. The fourth-order valence-electron chi connectivity index (χ4n) is 2.60. The fourth-order valence-corrected chi connectivity index (χ4v) is 2.60. The van der Waals surface area contributed by atoms with Crippen molar-refractivity contribution < 1.29 is 13.9 Å². The van der Waals surface area contributed by atoms with Crippen LogP contribution in [-0.4, -0.2) is 19.2 Å². The summed E-state index contributed by atoms with van der Waals surface area (Å²) in [6.45, 7) is 2.02. The van der Waals surface area contributed by atoms with Crippen LogP contribution in [0.3, 0.4) is 0 Å². The number of anilines is 2. The number of ether oxygens (including phenoxy) is 2. The molecule has 0 aliphatic rings. The van der Waals surface area contributed by atoms with E-state index in [2.05, 4.69) is 10.3 Å². The minimum atomic E-state index is -0.389. The van der Waals surface area contributed by atoms with Gasteiger partial charge in [0.1, 0.15) is 23.1 Å². The Morgan fingerprint density at radius 2 is 1.70 bits per heavy atom. The topological polar surface area (TPSA) is 43.4 Å². The van der Waals surface area contributed by atoms with Gasteiger partial charge in [0.15, 0.2) is 0 Å². The van der Waals surface area contributed by atoms with Crippen LogP contribution in [0.15, 0.2) is 60.8 Å². The van der Waals surface area contributed by atoms with Crippen molar-refractivity contribution in [1.82, 2.24) is 4.98 Å². The SMILES string of the molecule is COc1cc(/C=C(\F)c2ccc(Nc3ccccc3C)nc2)cc(OC)c1. The van der Waals surface area contributed by atoms with Crippen LogP contribution >= 0.6 is 0 Å². The van der Waals surface area contributed by atoms with Gasteiger partial charge in [-0.15, -0.1) is 0 Å². The van der Waals surface area contributed by atoms with Crippen molar-refractivity contribution in [2.24, 2.45) is 0 Å². The first-order chi connectivity index (χ1) is 13.1. The zero-order chi connectivity index (χ0) is 19.2. The van der Waals surface area contributed by atoms with E-state index < -0.39 is 0 Å². The van der Waals surface area contributed by atoms with Crippen molar-refractivity contribution in [2.45, 2.75) is 6.92 Å². The highest BCUT2D eigenvalue weighted by atomic mass is 19.1. The molecule has 0 radical (unpaired) electrons. The summed E-state index contributed by atoms with van der Waals surface area (Å²) in [5.74, 6) is 1.47. The van der Waals surface area contributed by atoms with Crippen LogP contribution in [0.4, 0.5) is 15.9 Å². The molecule has 0 atom stereocenters. The van der Waals surface area contributed by atoms with Crippen LogP contribution in [0.25, 0.3) is 11.9 Å². The van der Waals surface area contributed by atoms with Gasteiger partial charge in [-0.25, -0.2) is 9.37 Å². The number of benzene rings is 2. The average Bonchev–Trinajstić information content (AvgIpc) is 2.70. The number of nitrogens with one attached hydrogen (secondary N) is 1. The molecule has 2 aromatic carbocycles. The number of aromatic nitrogens is 1. The second-order valence-corrected chi connectivity index (χ2v) is 6.01. The van der Waals surface area contributed by atoms with E-state index in [4.69, 9.17) is 9.47 Å². The molecular weight excluding hydrogens is 343 g/mol. The fraction of sp³-hybridized carbons (Fsp3) is 0.136. The lowest BCUT2D eigenvalue weighted by Gasteiger charge is -2.09. The van der Waals surface area contributed by atoms with Crippen molar-refractivity contribution in [2.75, 3.05) is 19.5 Å². The molecule has 27 heavy (non-hydrogen) atoms. The molecular formula is C22H21FN2O2. The first-order valence-corrected chi connectivity index (χ1v) is 8.48. The highest BCUT2D eigenvalue weighted by Crippen LogP contribution is 2.27. The van der Waals surface area contributed by atoms with E-state index in [9.17, 15) is 4.39 Å². The van der Waals surface area contributed by atoms with Gasteiger partial charge in [0.2, 0.25) is 0 Å². The van der Waals surface area contributed by atoms with Gasteiger partial charge < -0.3 is 14.8 Å². The predicted molar refractivity (Wildman–Crippen MR) is 107 cm³/mol. The van der Waals surface area contributed by atoms with Crippen LogP contribution < -0.4 is 14.8 Å². The molecule has 1 heterocycles. The molecule has 1 aromatic heterocycles. The molecule has 0 saturated heterocycles. The minimum absolute atomic E-state index is 0.389. The summed E-state index contributed by atoms with van der Waals surface area (Å²) >= 11 is 0. The summed E-state index contributed by atoms with van der Waals surface area (Å²) in [4.78, 5) is 4.30. The van der Waals surface area contributed by atoms with Crippen molar-refractivity contribution in [3.8, 4) is 11.5 Å². The van der Waals surface area contributed by atoms with E-state index in [0.29, 0.717) is 28.4 Å². The summed E-state index contributed by atoms with van der Waals surface area (Å²) in [7, 11) is 3.12. The average molecular weight is 364 g/mol. The van der Waals surface area contributed by atoms with Gasteiger partial charge in [-0.3, -0.25) is 0 Å². The third-order valence-electron chi connectivity index (χ3n) is 4.11. The molecule has 0 spiro atoms. The quantitative estimate of drug-likeness (QED) is 0.617. The van der Waals surface area contributed by atoms with Crippen LogP contribution in [0.2, 0.25) is 0 Å². The van der Waals surface area contributed by atoms with Gasteiger partial charge in [0.25, 0.3) is 0 Å². The van der Waals surface area contributed by atoms with E-state index in [0.717, 1.165) is 11.3 Å². The normalized spacial score (nSPS) is 11.2. The number of rotatable bonds is 6. The van der Waals surface area contributed by atoms with Gasteiger partial charge in [-0.1, -0.05) is 18.2 Å². The number of para-hydroxylation sites is 1. The highest BCUT2D eigenvalue weighted by Gasteiger charge is 2.06. The van der Waals surface area contributed by atoms with Crippen LogP contribution in [0.1, 0.15) is 16.7 Å². The number of halogens is 1. The van der Waals surface area contributed by atoms with E-state index in [1.165, 1.54) is 12.3 Å². The lowest BCUT2D eigenvalue weighted by Crippen LogP contribution is -1.95. The number of aryl methyl sites for hydroxylation is 1. The third-order valence-corrected chi connectivity index (χ3v) is 4.11. The molecule has 0 aliphatic carbocycles. The smallest absolute Gasteiger partial charge is 0.132 e. The zero-order valence-corrected chi connectivity index (χ0v) is 15.5. The summed E-state index contributed by atoms with van der Waals surface area (Å²) in [6, 6.07) is 16.6. The van der Waals surface area contributed by atoms with E-state index in [1.807, 2.05) is 31.2 Å². The van der Waals surface area contributed by atoms with Crippen LogP contribution in [-0.2, 0) is 0 Å². The van der Waals surface area contributed by atoms with E-state index in [-0.39, 0.29) is 5.83 Å². The maximum atomic E-state index is 14.6. The van der Waals surface area contributed by atoms with Crippen molar-refractivity contribution >= 4 is 23.4 Å². The molecule has 0 amide bonds. The zero-order valence-electron chi connectivity index (χ0n) is 15.5. The second-order valence-electron chi connectivity index (χ2n) is 6.01.